The molecule has 3 aromatic rings. The summed E-state index contributed by atoms with van der Waals surface area (Å²) in [6.07, 6.45) is 2.43. The van der Waals surface area contributed by atoms with Crippen LogP contribution in [0.3, 0.4) is 0 Å². The molecule has 1 aliphatic carbocycles. The first-order valence-corrected chi connectivity index (χ1v) is 10.6. The van der Waals surface area contributed by atoms with Crippen molar-refractivity contribution in [2.24, 2.45) is 5.92 Å². The van der Waals surface area contributed by atoms with Gasteiger partial charge in [0.05, 0.1) is 13.2 Å². The molecule has 0 aromatic heterocycles. The first-order valence-electron chi connectivity index (χ1n) is 10.6. The SMILES string of the molecule is COc1ccc(-c2ccccc2-c2ccc3c(c2)CCC(CN(C)C)C3OC)cc1. The van der Waals surface area contributed by atoms with Crippen LogP contribution in [-0.2, 0) is 11.2 Å². The Balaban J connectivity index is 1.70. The predicted molar refractivity (Wildman–Crippen MR) is 124 cm³/mol. The zero-order valence-electron chi connectivity index (χ0n) is 18.4. The molecule has 4 rings (SSSR count). The number of ether oxygens (including phenoxy) is 2. The van der Waals surface area contributed by atoms with E-state index in [9.17, 15) is 0 Å². The zero-order chi connectivity index (χ0) is 21.1. The molecule has 2 atom stereocenters. The third kappa shape index (κ3) is 4.14. The van der Waals surface area contributed by atoms with E-state index in [1.165, 1.54) is 33.4 Å². The minimum absolute atomic E-state index is 0.169. The van der Waals surface area contributed by atoms with Crippen LogP contribution in [0.1, 0.15) is 23.7 Å². The Labute approximate surface area is 180 Å². The minimum atomic E-state index is 0.169. The molecule has 0 amide bonds. The molecule has 0 spiro atoms. The average molecular weight is 402 g/mol. The molecular formula is C27H31NO2. The van der Waals surface area contributed by atoms with Gasteiger partial charge in [0.15, 0.2) is 0 Å². The molecule has 0 saturated carbocycles. The summed E-state index contributed by atoms with van der Waals surface area (Å²) < 4.78 is 11.3. The number of rotatable bonds is 6. The Hall–Kier alpha value is -2.62. The molecule has 0 bridgehead atoms. The summed E-state index contributed by atoms with van der Waals surface area (Å²) in [5, 5.41) is 0. The lowest BCUT2D eigenvalue weighted by Crippen LogP contribution is -2.31. The fraction of sp³-hybridized carbons (Fsp3) is 0.333. The van der Waals surface area contributed by atoms with Gasteiger partial charge in [0.1, 0.15) is 5.75 Å². The van der Waals surface area contributed by atoms with E-state index in [-0.39, 0.29) is 6.10 Å². The average Bonchev–Trinajstić information content (AvgIpc) is 2.78. The lowest BCUT2D eigenvalue weighted by molar-refractivity contribution is 0.0299. The minimum Gasteiger partial charge on any atom is -0.497 e. The van der Waals surface area contributed by atoms with E-state index in [2.05, 4.69) is 73.6 Å². The van der Waals surface area contributed by atoms with Gasteiger partial charge in [-0.2, -0.15) is 0 Å². The normalized spacial score (nSPS) is 18.3. The van der Waals surface area contributed by atoms with Crippen LogP contribution in [0, 0.1) is 5.92 Å². The number of hydrogen-bond donors (Lipinski definition) is 0. The van der Waals surface area contributed by atoms with Crippen molar-refractivity contribution in [3.63, 3.8) is 0 Å². The van der Waals surface area contributed by atoms with Crippen LogP contribution < -0.4 is 4.74 Å². The summed E-state index contributed by atoms with van der Waals surface area (Å²) in [5.74, 6) is 1.41. The summed E-state index contributed by atoms with van der Waals surface area (Å²) in [7, 11) is 7.82. The number of methoxy groups -OCH3 is 2. The fourth-order valence-electron chi connectivity index (χ4n) is 4.75. The molecule has 0 N–H and O–H groups in total. The van der Waals surface area contributed by atoms with Gasteiger partial charge in [-0.25, -0.2) is 0 Å². The van der Waals surface area contributed by atoms with E-state index < -0.39 is 0 Å². The van der Waals surface area contributed by atoms with E-state index in [1.807, 2.05) is 19.2 Å². The Morgan fingerprint density at radius 3 is 2.17 bits per heavy atom. The number of benzene rings is 3. The first-order chi connectivity index (χ1) is 14.6. The molecule has 0 aliphatic heterocycles. The number of fused-ring (bicyclic) bond motifs is 1. The maximum absolute atomic E-state index is 5.95. The second kappa shape index (κ2) is 9.03. The smallest absolute Gasteiger partial charge is 0.118 e. The van der Waals surface area contributed by atoms with Crippen LogP contribution in [-0.4, -0.2) is 39.8 Å². The number of nitrogens with zero attached hydrogens (tertiary/aromatic N) is 1. The fourth-order valence-corrected chi connectivity index (χ4v) is 4.75. The van der Waals surface area contributed by atoms with Crippen LogP contribution >= 0.6 is 0 Å². The molecule has 0 heterocycles. The van der Waals surface area contributed by atoms with E-state index in [0.717, 1.165) is 25.1 Å². The molecule has 3 heteroatoms. The lowest BCUT2D eigenvalue weighted by atomic mass is 9.79. The molecule has 1 aliphatic rings. The second-order valence-electron chi connectivity index (χ2n) is 8.40. The summed E-state index contributed by atoms with van der Waals surface area (Å²) >= 11 is 0. The van der Waals surface area contributed by atoms with Crippen molar-refractivity contribution in [1.29, 1.82) is 0 Å². The van der Waals surface area contributed by atoms with Crippen molar-refractivity contribution >= 4 is 0 Å². The van der Waals surface area contributed by atoms with Gasteiger partial charge in [-0.1, -0.05) is 54.6 Å². The molecule has 0 saturated heterocycles. The van der Waals surface area contributed by atoms with E-state index in [0.29, 0.717) is 5.92 Å². The van der Waals surface area contributed by atoms with Crippen molar-refractivity contribution in [2.75, 3.05) is 34.9 Å². The van der Waals surface area contributed by atoms with E-state index in [4.69, 9.17) is 9.47 Å². The van der Waals surface area contributed by atoms with Gasteiger partial charge in [-0.3, -0.25) is 0 Å². The number of aryl methyl sites for hydroxylation is 1. The Morgan fingerprint density at radius 1 is 0.867 bits per heavy atom. The molecule has 30 heavy (non-hydrogen) atoms. The van der Waals surface area contributed by atoms with Crippen molar-refractivity contribution in [3.05, 3.63) is 77.9 Å². The molecule has 3 aromatic carbocycles. The molecule has 0 radical (unpaired) electrons. The second-order valence-corrected chi connectivity index (χ2v) is 8.40. The van der Waals surface area contributed by atoms with Crippen LogP contribution in [0.15, 0.2) is 66.7 Å². The summed E-state index contributed by atoms with van der Waals surface area (Å²) in [6.45, 7) is 1.06. The Bertz CT molecular complexity index is 994. The highest BCUT2D eigenvalue weighted by Crippen LogP contribution is 2.40. The lowest BCUT2D eigenvalue weighted by Gasteiger charge is -2.34. The van der Waals surface area contributed by atoms with Crippen molar-refractivity contribution < 1.29 is 9.47 Å². The maximum Gasteiger partial charge on any atom is 0.118 e. The molecule has 3 nitrogen and oxygen atoms in total. The third-order valence-electron chi connectivity index (χ3n) is 6.15. The van der Waals surface area contributed by atoms with Gasteiger partial charge in [-0.05, 0) is 72.5 Å². The van der Waals surface area contributed by atoms with Crippen molar-refractivity contribution in [2.45, 2.75) is 18.9 Å². The van der Waals surface area contributed by atoms with Gasteiger partial charge in [0.25, 0.3) is 0 Å². The van der Waals surface area contributed by atoms with Gasteiger partial charge in [0.2, 0.25) is 0 Å². The Morgan fingerprint density at radius 2 is 1.53 bits per heavy atom. The van der Waals surface area contributed by atoms with E-state index >= 15 is 0 Å². The highest BCUT2D eigenvalue weighted by Gasteiger charge is 2.30. The summed E-state index contributed by atoms with van der Waals surface area (Å²) in [5.41, 5.74) is 7.73. The van der Waals surface area contributed by atoms with E-state index in [1.54, 1.807) is 7.11 Å². The number of hydrogen-bond acceptors (Lipinski definition) is 3. The van der Waals surface area contributed by atoms with Gasteiger partial charge < -0.3 is 14.4 Å². The quantitative estimate of drug-likeness (QED) is 0.518. The highest BCUT2D eigenvalue weighted by atomic mass is 16.5. The van der Waals surface area contributed by atoms with Crippen molar-refractivity contribution in [1.82, 2.24) is 4.90 Å². The summed E-state index contributed by atoms with van der Waals surface area (Å²) in [4.78, 5) is 2.27. The first kappa shape index (κ1) is 20.6. The zero-order valence-corrected chi connectivity index (χ0v) is 18.4. The monoisotopic (exact) mass is 401 g/mol. The largest absolute Gasteiger partial charge is 0.497 e. The molecular weight excluding hydrogens is 370 g/mol. The maximum atomic E-state index is 5.95. The third-order valence-corrected chi connectivity index (χ3v) is 6.15. The highest BCUT2D eigenvalue weighted by molar-refractivity contribution is 5.84. The molecule has 2 unspecified atom stereocenters. The Kier molecular flexibility index (Phi) is 6.21. The molecule has 0 fully saturated rings. The van der Waals surface area contributed by atoms with Gasteiger partial charge in [-0.15, -0.1) is 0 Å². The predicted octanol–water partition coefficient (Wildman–Crippen LogP) is 5.84. The van der Waals surface area contributed by atoms with Crippen LogP contribution in [0.25, 0.3) is 22.3 Å². The van der Waals surface area contributed by atoms with Gasteiger partial charge in [0, 0.05) is 19.6 Å². The van der Waals surface area contributed by atoms with Crippen LogP contribution in [0.2, 0.25) is 0 Å². The van der Waals surface area contributed by atoms with Gasteiger partial charge >= 0.3 is 0 Å². The topological polar surface area (TPSA) is 21.7 Å². The van der Waals surface area contributed by atoms with Crippen LogP contribution in [0.4, 0.5) is 0 Å². The summed E-state index contributed by atoms with van der Waals surface area (Å²) in [6, 6.07) is 23.8. The van der Waals surface area contributed by atoms with Crippen molar-refractivity contribution in [3.8, 4) is 28.0 Å². The van der Waals surface area contributed by atoms with Crippen LogP contribution in [0.5, 0.6) is 5.75 Å². The molecule has 156 valence electrons. The standard InChI is InChI=1S/C27H31NO2/c1-28(2)18-22-10-9-21-17-20(13-16-26(21)27(22)30-4)25-8-6-5-7-24(25)19-11-14-23(29-3)15-12-19/h5-8,11-17,22,27H,9-10,18H2,1-4H3.